The number of nitrogens with one attached hydrogen (secondary N) is 1. The third kappa shape index (κ3) is 5.38. The van der Waals surface area contributed by atoms with E-state index < -0.39 is 0 Å². The molecule has 4 nitrogen and oxygen atoms in total. The molecule has 0 radical (unpaired) electrons. The third-order valence-electron chi connectivity index (χ3n) is 5.68. The van der Waals surface area contributed by atoms with Crippen LogP contribution in [0.2, 0.25) is 10.0 Å². The van der Waals surface area contributed by atoms with Crippen LogP contribution in [0.1, 0.15) is 11.1 Å². The van der Waals surface area contributed by atoms with Gasteiger partial charge in [0.15, 0.2) is 0 Å². The second kappa shape index (κ2) is 10.6. The molecule has 1 amide bonds. The molecule has 0 aliphatic carbocycles. The van der Waals surface area contributed by atoms with E-state index >= 15 is 0 Å². The number of carbonyl (C=O) groups is 1. The molecule has 35 heavy (non-hydrogen) atoms. The van der Waals surface area contributed by atoms with Gasteiger partial charge in [-0.25, -0.2) is 5.43 Å². The van der Waals surface area contributed by atoms with E-state index in [2.05, 4.69) is 39.4 Å². The number of carbonyl (C=O) groups excluding carboxylic acids is 1. The SMILES string of the molecule is O=C(CSc1cccc2ccccc12)N/N=C/c1cn(Cc2ccc(Cl)cc2Cl)c2ccccc12. The van der Waals surface area contributed by atoms with Crippen molar-refractivity contribution in [2.75, 3.05) is 5.75 Å². The molecular weight excluding hydrogens is 497 g/mol. The normalized spacial score (nSPS) is 11.5. The summed E-state index contributed by atoms with van der Waals surface area (Å²) in [6.45, 7) is 0.596. The maximum Gasteiger partial charge on any atom is 0.250 e. The number of aromatic nitrogens is 1. The number of hydrogen-bond donors (Lipinski definition) is 1. The molecule has 5 aromatic rings. The zero-order valence-corrected chi connectivity index (χ0v) is 20.9. The van der Waals surface area contributed by atoms with Crippen LogP contribution < -0.4 is 5.43 Å². The molecule has 1 heterocycles. The first-order chi connectivity index (χ1) is 17.1. The van der Waals surface area contributed by atoms with Crippen LogP contribution in [-0.2, 0) is 11.3 Å². The summed E-state index contributed by atoms with van der Waals surface area (Å²) in [6.07, 6.45) is 3.69. The molecule has 0 bridgehead atoms. The van der Waals surface area contributed by atoms with Gasteiger partial charge in [-0.15, -0.1) is 11.8 Å². The molecular formula is C28H21Cl2N3OS. The predicted molar refractivity (Wildman–Crippen MR) is 148 cm³/mol. The lowest BCUT2D eigenvalue weighted by molar-refractivity contribution is -0.118. The Labute approximate surface area is 217 Å². The Morgan fingerprint density at radius 3 is 2.57 bits per heavy atom. The van der Waals surface area contributed by atoms with E-state index in [1.807, 2.05) is 60.8 Å². The number of fused-ring (bicyclic) bond motifs is 2. The average molecular weight is 518 g/mol. The van der Waals surface area contributed by atoms with E-state index in [0.717, 1.165) is 37.7 Å². The van der Waals surface area contributed by atoms with Gasteiger partial charge >= 0.3 is 0 Å². The Morgan fingerprint density at radius 1 is 0.943 bits per heavy atom. The number of halogens is 2. The van der Waals surface area contributed by atoms with Gasteiger partial charge < -0.3 is 4.57 Å². The van der Waals surface area contributed by atoms with Crippen LogP contribution in [0.15, 0.2) is 101 Å². The summed E-state index contributed by atoms with van der Waals surface area (Å²) in [7, 11) is 0. The third-order valence-corrected chi connectivity index (χ3v) is 7.34. The maximum absolute atomic E-state index is 12.4. The molecule has 0 atom stereocenters. The molecule has 7 heteroatoms. The van der Waals surface area contributed by atoms with Crippen molar-refractivity contribution in [2.45, 2.75) is 11.4 Å². The van der Waals surface area contributed by atoms with Gasteiger partial charge in [0, 0.05) is 44.1 Å². The minimum absolute atomic E-state index is 0.157. The van der Waals surface area contributed by atoms with Crippen LogP contribution in [0, 0.1) is 0 Å². The highest BCUT2D eigenvalue weighted by molar-refractivity contribution is 8.00. The second-order valence-electron chi connectivity index (χ2n) is 8.02. The van der Waals surface area contributed by atoms with Gasteiger partial charge in [-0.2, -0.15) is 5.10 Å². The molecule has 1 N–H and O–H groups in total. The zero-order chi connectivity index (χ0) is 24.2. The minimum atomic E-state index is -0.157. The second-order valence-corrected chi connectivity index (χ2v) is 9.89. The highest BCUT2D eigenvalue weighted by Crippen LogP contribution is 2.28. The number of rotatable bonds is 7. The summed E-state index contributed by atoms with van der Waals surface area (Å²) in [5.41, 5.74) is 5.59. The summed E-state index contributed by atoms with van der Waals surface area (Å²) in [5.74, 6) is 0.123. The number of hydrazone groups is 1. The van der Waals surface area contributed by atoms with Crippen molar-refractivity contribution in [2.24, 2.45) is 5.10 Å². The van der Waals surface area contributed by atoms with Crippen LogP contribution in [0.3, 0.4) is 0 Å². The van der Waals surface area contributed by atoms with Crippen LogP contribution >= 0.6 is 35.0 Å². The van der Waals surface area contributed by atoms with Crippen LogP contribution in [0.5, 0.6) is 0 Å². The fourth-order valence-corrected chi connectivity index (χ4v) is 5.35. The number of hydrogen-bond acceptors (Lipinski definition) is 3. The lowest BCUT2D eigenvalue weighted by atomic mass is 10.1. The monoisotopic (exact) mass is 517 g/mol. The molecule has 0 unspecified atom stereocenters. The van der Waals surface area contributed by atoms with Crippen molar-refractivity contribution in [3.63, 3.8) is 0 Å². The lowest BCUT2D eigenvalue weighted by Crippen LogP contribution is -2.19. The van der Waals surface area contributed by atoms with E-state index in [1.54, 1.807) is 12.3 Å². The van der Waals surface area contributed by atoms with Crippen molar-refractivity contribution >= 4 is 68.8 Å². The Morgan fingerprint density at radius 2 is 1.71 bits per heavy atom. The van der Waals surface area contributed by atoms with E-state index in [-0.39, 0.29) is 11.7 Å². The van der Waals surface area contributed by atoms with E-state index in [0.29, 0.717) is 16.6 Å². The quantitative estimate of drug-likeness (QED) is 0.139. The van der Waals surface area contributed by atoms with Gasteiger partial charge in [-0.1, -0.05) is 83.9 Å². The Hall–Kier alpha value is -3.25. The van der Waals surface area contributed by atoms with Gasteiger partial charge in [-0.05, 0) is 40.6 Å². The number of thioether (sulfide) groups is 1. The van der Waals surface area contributed by atoms with Crippen molar-refractivity contribution in [1.29, 1.82) is 0 Å². The summed E-state index contributed by atoms with van der Waals surface area (Å²) in [4.78, 5) is 13.5. The van der Waals surface area contributed by atoms with Gasteiger partial charge in [0.25, 0.3) is 0 Å². The van der Waals surface area contributed by atoms with Crippen molar-refractivity contribution in [3.8, 4) is 0 Å². The van der Waals surface area contributed by atoms with Gasteiger partial charge in [0.1, 0.15) is 0 Å². The van der Waals surface area contributed by atoms with Gasteiger partial charge in [0.2, 0.25) is 5.91 Å². The number of nitrogens with zero attached hydrogens (tertiary/aromatic N) is 2. The maximum atomic E-state index is 12.4. The molecule has 0 saturated carbocycles. The highest BCUT2D eigenvalue weighted by atomic mass is 35.5. The Kier molecular flexibility index (Phi) is 7.09. The molecule has 1 aromatic heterocycles. The first-order valence-corrected chi connectivity index (χ1v) is 12.8. The fourth-order valence-electron chi connectivity index (χ4n) is 4.01. The smallest absolute Gasteiger partial charge is 0.250 e. The van der Waals surface area contributed by atoms with Gasteiger partial charge in [-0.3, -0.25) is 4.79 Å². The minimum Gasteiger partial charge on any atom is -0.342 e. The van der Waals surface area contributed by atoms with E-state index in [9.17, 15) is 4.79 Å². The number of amides is 1. The summed E-state index contributed by atoms with van der Waals surface area (Å²) < 4.78 is 2.12. The van der Waals surface area contributed by atoms with E-state index in [4.69, 9.17) is 23.2 Å². The average Bonchev–Trinajstić information content (AvgIpc) is 3.22. The predicted octanol–water partition coefficient (Wildman–Crippen LogP) is 7.39. The summed E-state index contributed by atoms with van der Waals surface area (Å²) >= 11 is 13.9. The lowest BCUT2D eigenvalue weighted by Gasteiger charge is -2.08. The van der Waals surface area contributed by atoms with Crippen molar-refractivity contribution in [3.05, 3.63) is 112 Å². The molecule has 5 rings (SSSR count). The molecule has 0 spiro atoms. The summed E-state index contributed by atoms with van der Waals surface area (Å²) in [5, 5.41) is 8.80. The number of para-hydroxylation sites is 1. The fraction of sp³-hybridized carbons (Fsp3) is 0.0714. The Balaban J connectivity index is 1.28. The molecule has 0 fully saturated rings. The molecule has 0 aliphatic heterocycles. The van der Waals surface area contributed by atoms with Crippen LogP contribution in [-0.4, -0.2) is 22.4 Å². The molecule has 0 saturated heterocycles. The first-order valence-electron chi connectivity index (χ1n) is 11.0. The molecule has 0 aliphatic rings. The number of benzene rings is 4. The first kappa shape index (κ1) is 23.5. The molecule has 174 valence electrons. The standard InChI is InChI=1S/C28H21Cl2N3OS/c29-22-13-12-20(25(30)14-22)16-33-17-21(23-8-3-4-10-26(23)33)15-31-32-28(34)18-35-27-11-5-7-19-6-1-2-9-24(19)27/h1-15,17H,16,18H2,(H,32,34)/b31-15+. The van der Waals surface area contributed by atoms with Crippen LogP contribution in [0.25, 0.3) is 21.7 Å². The summed E-state index contributed by atoms with van der Waals surface area (Å²) in [6, 6.07) is 27.9. The zero-order valence-electron chi connectivity index (χ0n) is 18.6. The van der Waals surface area contributed by atoms with Crippen molar-refractivity contribution < 1.29 is 4.79 Å². The topological polar surface area (TPSA) is 46.4 Å². The highest BCUT2D eigenvalue weighted by Gasteiger charge is 2.10. The van der Waals surface area contributed by atoms with E-state index in [1.165, 1.54) is 11.8 Å². The van der Waals surface area contributed by atoms with Gasteiger partial charge in [0.05, 0.1) is 12.0 Å². The van der Waals surface area contributed by atoms with Crippen LogP contribution in [0.4, 0.5) is 0 Å². The van der Waals surface area contributed by atoms with Crippen molar-refractivity contribution in [1.82, 2.24) is 9.99 Å². The largest absolute Gasteiger partial charge is 0.342 e. The molecule has 4 aromatic carbocycles. The Bertz CT molecular complexity index is 1560.